The van der Waals surface area contributed by atoms with Crippen molar-refractivity contribution in [3.8, 4) is 0 Å². The van der Waals surface area contributed by atoms with E-state index in [-0.39, 0.29) is 23.9 Å². The fourth-order valence-electron chi connectivity index (χ4n) is 6.13. The van der Waals surface area contributed by atoms with Gasteiger partial charge in [0.2, 0.25) is 0 Å². The van der Waals surface area contributed by atoms with E-state index in [0.717, 1.165) is 39.6 Å². The largest absolute Gasteiger partial charge is 0.456 e. The van der Waals surface area contributed by atoms with Gasteiger partial charge in [-0.3, -0.25) is 4.57 Å². The Labute approximate surface area is 278 Å². The van der Waals surface area contributed by atoms with Crippen molar-refractivity contribution in [2.24, 2.45) is 5.92 Å². The van der Waals surface area contributed by atoms with Crippen LogP contribution < -0.4 is 0 Å². The van der Waals surface area contributed by atoms with Gasteiger partial charge in [0.25, 0.3) is 0 Å². The summed E-state index contributed by atoms with van der Waals surface area (Å²) in [5.74, 6) is -0.288. The molecule has 1 aliphatic rings. The number of fused-ring (bicyclic) bond motifs is 1. The van der Waals surface area contributed by atoms with Crippen LogP contribution in [-0.2, 0) is 20.6 Å². The number of aryl methyl sites for hydroxylation is 2. The molecule has 0 radical (unpaired) electrons. The molecule has 0 unspecified atom stereocenters. The first-order chi connectivity index (χ1) is 21.1. The molecule has 1 aromatic heterocycles. The fraction of sp³-hybridized carbons (Fsp3) is 0.541. The standard InChI is InChI=1S/C37H49ClN2O6/c1-22-18-23(2)31-30(29(38)21-40(31)34(43)46-37(9,10)11)27(22)19-26-16-17-39(33(42)45-36(6,7)8)20-28(26)24-12-14-25(15-13-24)32(41)44-35(3,4)5/h12-15,18,21,26,28H,16-17,19-20H2,1-11H3/t26-,28-/m0/s1. The van der Waals surface area contributed by atoms with Gasteiger partial charge in [-0.25, -0.2) is 14.4 Å². The Morgan fingerprint density at radius 1 is 0.826 bits per heavy atom. The first-order valence-corrected chi connectivity index (χ1v) is 16.4. The number of aromatic nitrogens is 1. The second-order valence-electron chi connectivity index (χ2n) is 15.4. The van der Waals surface area contributed by atoms with E-state index in [1.54, 1.807) is 23.2 Å². The minimum atomic E-state index is -0.657. The topological polar surface area (TPSA) is 87.1 Å². The Morgan fingerprint density at radius 3 is 1.96 bits per heavy atom. The predicted molar refractivity (Wildman–Crippen MR) is 182 cm³/mol. The fourth-order valence-corrected chi connectivity index (χ4v) is 6.43. The van der Waals surface area contributed by atoms with E-state index < -0.39 is 22.9 Å². The average Bonchev–Trinajstić information content (AvgIpc) is 3.26. The van der Waals surface area contributed by atoms with Crippen LogP contribution in [0.4, 0.5) is 9.59 Å². The first-order valence-electron chi connectivity index (χ1n) is 16.0. The highest BCUT2D eigenvalue weighted by atomic mass is 35.5. The SMILES string of the molecule is Cc1cc(C)c2c(c(Cl)cn2C(=O)OC(C)(C)C)c1C[C@@H]1CCN(C(=O)OC(C)(C)C)C[C@H]1c1ccc(C(=O)OC(C)(C)C)cc1. The number of rotatable bonds is 4. The zero-order chi connectivity index (χ0) is 34.4. The van der Waals surface area contributed by atoms with Gasteiger partial charge < -0.3 is 19.1 Å². The van der Waals surface area contributed by atoms with Crippen LogP contribution in [0.5, 0.6) is 0 Å². The van der Waals surface area contributed by atoms with Gasteiger partial charge in [-0.2, -0.15) is 0 Å². The predicted octanol–water partition coefficient (Wildman–Crippen LogP) is 9.23. The number of halogens is 1. The molecule has 1 saturated heterocycles. The molecule has 2 heterocycles. The Hall–Kier alpha value is -3.52. The molecule has 0 bridgehead atoms. The van der Waals surface area contributed by atoms with E-state index in [0.29, 0.717) is 30.1 Å². The molecule has 0 N–H and O–H groups in total. The Bertz CT molecular complexity index is 1620. The summed E-state index contributed by atoms with van der Waals surface area (Å²) < 4.78 is 18.5. The van der Waals surface area contributed by atoms with Crippen LogP contribution in [0.2, 0.25) is 5.02 Å². The normalized spacial score (nSPS) is 17.6. The van der Waals surface area contributed by atoms with Crippen molar-refractivity contribution in [3.63, 3.8) is 0 Å². The Kier molecular flexibility index (Phi) is 9.94. The summed E-state index contributed by atoms with van der Waals surface area (Å²) in [6.07, 6.45) is 2.25. The molecule has 0 aliphatic carbocycles. The number of nitrogens with zero attached hydrogens (tertiary/aromatic N) is 2. The molecule has 250 valence electrons. The number of hydrogen-bond acceptors (Lipinski definition) is 6. The van der Waals surface area contributed by atoms with E-state index in [2.05, 4.69) is 13.0 Å². The minimum Gasteiger partial charge on any atom is -0.456 e. The third-order valence-corrected chi connectivity index (χ3v) is 8.27. The maximum absolute atomic E-state index is 13.2. The number of hydrogen-bond donors (Lipinski definition) is 0. The number of ether oxygens (including phenoxy) is 3. The first kappa shape index (κ1) is 35.3. The van der Waals surface area contributed by atoms with Gasteiger partial charge in [-0.1, -0.05) is 29.8 Å². The van der Waals surface area contributed by atoms with Crippen LogP contribution in [0, 0.1) is 19.8 Å². The molecule has 46 heavy (non-hydrogen) atoms. The molecule has 0 saturated carbocycles. The van der Waals surface area contributed by atoms with Crippen molar-refractivity contribution >= 4 is 40.7 Å². The van der Waals surface area contributed by atoms with Crippen LogP contribution in [-0.4, -0.2) is 57.5 Å². The van der Waals surface area contributed by atoms with Crippen LogP contribution in [0.1, 0.15) is 107 Å². The van der Waals surface area contributed by atoms with Crippen LogP contribution in [0.3, 0.4) is 0 Å². The summed E-state index contributed by atoms with van der Waals surface area (Å²) in [6.45, 7) is 21.7. The average molecular weight is 653 g/mol. The van der Waals surface area contributed by atoms with Gasteiger partial charge in [0.15, 0.2) is 0 Å². The van der Waals surface area contributed by atoms with Crippen LogP contribution >= 0.6 is 11.6 Å². The molecule has 1 aliphatic heterocycles. The van der Waals surface area contributed by atoms with Crippen molar-refractivity contribution in [2.75, 3.05) is 13.1 Å². The van der Waals surface area contributed by atoms with E-state index in [4.69, 9.17) is 25.8 Å². The number of piperidine rings is 1. The highest BCUT2D eigenvalue weighted by Gasteiger charge is 2.36. The molecule has 1 amide bonds. The highest BCUT2D eigenvalue weighted by molar-refractivity contribution is 6.36. The maximum atomic E-state index is 13.2. The number of esters is 1. The molecular formula is C37H49ClN2O6. The van der Waals surface area contributed by atoms with Gasteiger partial charge in [-0.15, -0.1) is 0 Å². The minimum absolute atomic E-state index is 0.0450. The van der Waals surface area contributed by atoms with Crippen LogP contribution in [0.25, 0.3) is 10.9 Å². The molecule has 9 heteroatoms. The van der Waals surface area contributed by atoms with Crippen molar-refractivity contribution < 1.29 is 28.6 Å². The molecule has 2 atom stereocenters. The molecule has 3 aromatic rings. The van der Waals surface area contributed by atoms with Gasteiger partial charge in [0, 0.05) is 30.6 Å². The molecule has 2 aromatic carbocycles. The van der Waals surface area contributed by atoms with Gasteiger partial charge >= 0.3 is 18.2 Å². The summed E-state index contributed by atoms with van der Waals surface area (Å²) in [7, 11) is 0. The summed E-state index contributed by atoms with van der Waals surface area (Å²) >= 11 is 6.89. The number of carbonyl (C=O) groups is 3. The number of amides is 1. The van der Waals surface area contributed by atoms with Crippen molar-refractivity contribution in [2.45, 2.75) is 112 Å². The van der Waals surface area contributed by atoms with E-state index in [9.17, 15) is 14.4 Å². The van der Waals surface area contributed by atoms with E-state index in [1.807, 2.05) is 81.4 Å². The van der Waals surface area contributed by atoms with Gasteiger partial charge in [0.1, 0.15) is 16.8 Å². The number of likely N-dealkylation sites (tertiary alicyclic amines) is 1. The second kappa shape index (κ2) is 12.9. The maximum Gasteiger partial charge on any atom is 0.419 e. The lowest BCUT2D eigenvalue weighted by atomic mass is 9.76. The zero-order valence-corrected chi connectivity index (χ0v) is 29.9. The van der Waals surface area contributed by atoms with Crippen molar-refractivity contribution in [1.82, 2.24) is 9.47 Å². The molecule has 4 rings (SSSR count). The lowest BCUT2D eigenvalue weighted by Crippen LogP contribution is -2.45. The van der Waals surface area contributed by atoms with E-state index >= 15 is 0 Å². The highest BCUT2D eigenvalue weighted by Crippen LogP contribution is 2.40. The van der Waals surface area contributed by atoms with Crippen molar-refractivity contribution in [1.29, 1.82) is 0 Å². The molecule has 1 fully saturated rings. The molecular weight excluding hydrogens is 604 g/mol. The zero-order valence-electron chi connectivity index (χ0n) is 29.2. The van der Waals surface area contributed by atoms with Crippen molar-refractivity contribution in [3.05, 3.63) is 69.4 Å². The summed E-state index contributed by atoms with van der Waals surface area (Å²) in [5.41, 5.74) is 3.45. The molecule has 0 spiro atoms. The third kappa shape index (κ3) is 8.44. The van der Waals surface area contributed by atoms with E-state index in [1.165, 1.54) is 4.57 Å². The quantitative estimate of drug-likeness (QED) is 0.206. The van der Waals surface area contributed by atoms with Gasteiger partial charge in [0.05, 0.1) is 16.1 Å². The lowest BCUT2D eigenvalue weighted by molar-refractivity contribution is 0.00684. The Morgan fingerprint density at radius 2 is 1.39 bits per heavy atom. The summed E-state index contributed by atoms with van der Waals surface area (Å²) in [4.78, 5) is 40.9. The number of carbonyl (C=O) groups excluding carboxylic acids is 3. The lowest BCUT2D eigenvalue weighted by Gasteiger charge is -2.40. The number of benzene rings is 2. The monoisotopic (exact) mass is 652 g/mol. The van der Waals surface area contributed by atoms with Gasteiger partial charge in [-0.05, 0) is 129 Å². The third-order valence-electron chi connectivity index (χ3n) is 7.98. The Balaban J connectivity index is 1.73. The smallest absolute Gasteiger partial charge is 0.419 e. The molecule has 8 nitrogen and oxygen atoms in total. The van der Waals surface area contributed by atoms with Crippen LogP contribution in [0.15, 0.2) is 36.5 Å². The summed E-state index contributed by atoms with van der Waals surface area (Å²) in [6, 6.07) is 9.59. The second-order valence-corrected chi connectivity index (χ2v) is 15.9. The summed E-state index contributed by atoms with van der Waals surface area (Å²) in [5, 5.41) is 1.34.